The van der Waals surface area contributed by atoms with E-state index in [9.17, 15) is 13.6 Å². The van der Waals surface area contributed by atoms with Crippen molar-refractivity contribution in [1.29, 1.82) is 0 Å². The van der Waals surface area contributed by atoms with Gasteiger partial charge in [-0.2, -0.15) is 0 Å². The van der Waals surface area contributed by atoms with E-state index < -0.39 is 17.2 Å². The number of nitrogens with zero attached hydrogens (tertiary/aromatic N) is 2. The SMILES string of the molecule is COc1ccc(Cn2cc(Cl)nc(-c3ccc(F)cc3F)c2=O)cc1. The molecule has 0 N–H and O–H groups in total. The van der Waals surface area contributed by atoms with E-state index in [4.69, 9.17) is 16.3 Å². The highest BCUT2D eigenvalue weighted by atomic mass is 35.5. The fourth-order valence-corrected chi connectivity index (χ4v) is 2.61. The smallest absolute Gasteiger partial charge is 0.277 e. The van der Waals surface area contributed by atoms with Crippen molar-refractivity contribution < 1.29 is 13.5 Å². The quantitative estimate of drug-likeness (QED) is 0.707. The minimum atomic E-state index is -0.872. The lowest BCUT2D eigenvalue weighted by Crippen LogP contribution is -2.23. The number of ether oxygens (including phenoxy) is 1. The molecule has 3 aromatic rings. The van der Waals surface area contributed by atoms with Crippen LogP contribution in [-0.2, 0) is 6.54 Å². The Morgan fingerprint density at radius 1 is 1.16 bits per heavy atom. The first kappa shape index (κ1) is 17.1. The van der Waals surface area contributed by atoms with Gasteiger partial charge in [-0.3, -0.25) is 4.79 Å². The second-order valence-corrected chi connectivity index (χ2v) is 5.70. The highest BCUT2D eigenvalue weighted by molar-refractivity contribution is 6.29. The maximum atomic E-state index is 14.0. The zero-order valence-corrected chi connectivity index (χ0v) is 13.9. The molecule has 0 amide bonds. The molecule has 0 atom stereocenters. The highest BCUT2D eigenvalue weighted by Crippen LogP contribution is 2.20. The van der Waals surface area contributed by atoms with E-state index in [2.05, 4.69) is 4.98 Å². The molecule has 0 aliphatic rings. The molecule has 0 fully saturated rings. The van der Waals surface area contributed by atoms with Crippen molar-refractivity contribution in [1.82, 2.24) is 9.55 Å². The Bertz CT molecular complexity index is 972. The van der Waals surface area contributed by atoms with Crippen LogP contribution in [0.15, 0.2) is 53.5 Å². The number of halogens is 3. The van der Waals surface area contributed by atoms with Crippen molar-refractivity contribution in [2.75, 3.05) is 7.11 Å². The topological polar surface area (TPSA) is 44.1 Å². The van der Waals surface area contributed by atoms with Gasteiger partial charge < -0.3 is 9.30 Å². The van der Waals surface area contributed by atoms with Gasteiger partial charge >= 0.3 is 0 Å². The Kier molecular flexibility index (Phi) is 4.81. The average Bonchev–Trinajstić information content (AvgIpc) is 2.59. The van der Waals surface area contributed by atoms with Crippen molar-refractivity contribution in [2.45, 2.75) is 6.54 Å². The van der Waals surface area contributed by atoms with E-state index in [1.807, 2.05) is 0 Å². The number of hydrogen-bond donors (Lipinski definition) is 0. The van der Waals surface area contributed by atoms with Gasteiger partial charge in [-0.25, -0.2) is 13.8 Å². The van der Waals surface area contributed by atoms with E-state index >= 15 is 0 Å². The summed E-state index contributed by atoms with van der Waals surface area (Å²) in [6.45, 7) is 0.223. The minimum absolute atomic E-state index is 0.0341. The van der Waals surface area contributed by atoms with Gasteiger partial charge in [0.05, 0.1) is 13.7 Å². The molecule has 0 saturated heterocycles. The Labute approximate surface area is 147 Å². The van der Waals surface area contributed by atoms with Gasteiger partial charge in [0.1, 0.15) is 28.2 Å². The van der Waals surface area contributed by atoms with Crippen LogP contribution in [0.2, 0.25) is 5.15 Å². The standard InChI is InChI=1S/C18H13ClF2N2O2/c1-25-13-5-2-11(3-6-13)9-23-10-16(19)22-17(18(23)24)14-7-4-12(20)8-15(14)21/h2-8,10H,9H2,1H3. The monoisotopic (exact) mass is 362 g/mol. The molecule has 25 heavy (non-hydrogen) atoms. The van der Waals surface area contributed by atoms with Gasteiger partial charge in [-0.05, 0) is 29.8 Å². The summed E-state index contributed by atoms with van der Waals surface area (Å²) in [5.41, 5.74) is 0.0392. The van der Waals surface area contributed by atoms with Crippen molar-refractivity contribution >= 4 is 11.6 Å². The molecule has 0 bridgehead atoms. The molecule has 0 unspecified atom stereocenters. The van der Waals surface area contributed by atoms with Crippen molar-refractivity contribution in [3.05, 3.63) is 81.4 Å². The van der Waals surface area contributed by atoms with Gasteiger partial charge in [0.25, 0.3) is 5.56 Å². The van der Waals surface area contributed by atoms with E-state index in [0.29, 0.717) is 11.8 Å². The normalized spacial score (nSPS) is 10.7. The largest absolute Gasteiger partial charge is 0.497 e. The zero-order valence-electron chi connectivity index (χ0n) is 13.2. The van der Waals surface area contributed by atoms with Crippen LogP contribution in [0, 0.1) is 11.6 Å². The van der Waals surface area contributed by atoms with E-state index in [1.165, 1.54) is 16.8 Å². The molecule has 7 heteroatoms. The molecular weight excluding hydrogens is 350 g/mol. The van der Waals surface area contributed by atoms with Gasteiger partial charge in [-0.1, -0.05) is 23.7 Å². The number of methoxy groups -OCH3 is 1. The molecule has 1 aromatic heterocycles. The first-order valence-corrected chi connectivity index (χ1v) is 7.71. The highest BCUT2D eigenvalue weighted by Gasteiger charge is 2.15. The summed E-state index contributed by atoms with van der Waals surface area (Å²) in [6.07, 6.45) is 1.37. The van der Waals surface area contributed by atoms with Crippen LogP contribution < -0.4 is 10.3 Å². The zero-order chi connectivity index (χ0) is 18.0. The summed E-state index contributed by atoms with van der Waals surface area (Å²) < 4.78 is 33.5. The fraction of sp³-hybridized carbons (Fsp3) is 0.111. The lowest BCUT2D eigenvalue weighted by atomic mass is 10.1. The number of aromatic nitrogens is 2. The van der Waals surface area contributed by atoms with Gasteiger partial charge in [0.15, 0.2) is 0 Å². The summed E-state index contributed by atoms with van der Waals surface area (Å²) in [4.78, 5) is 16.6. The third-order valence-corrected chi connectivity index (χ3v) is 3.82. The Morgan fingerprint density at radius 3 is 2.52 bits per heavy atom. The van der Waals surface area contributed by atoms with Gasteiger partial charge in [-0.15, -0.1) is 0 Å². The van der Waals surface area contributed by atoms with Crippen LogP contribution in [-0.4, -0.2) is 16.7 Å². The summed E-state index contributed by atoms with van der Waals surface area (Å²) >= 11 is 5.98. The Morgan fingerprint density at radius 2 is 1.88 bits per heavy atom. The predicted octanol–water partition coefficient (Wildman–Crippen LogP) is 3.90. The Balaban J connectivity index is 2.03. The van der Waals surface area contributed by atoms with Crippen LogP contribution in [0.5, 0.6) is 5.75 Å². The van der Waals surface area contributed by atoms with Crippen molar-refractivity contribution in [3.8, 4) is 17.0 Å². The molecule has 4 nitrogen and oxygen atoms in total. The fourth-order valence-electron chi connectivity index (χ4n) is 2.41. The lowest BCUT2D eigenvalue weighted by molar-refractivity contribution is 0.414. The van der Waals surface area contributed by atoms with Gasteiger partial charge in [0, 0.05) is 17.8 Å². The summed E-state index contributed by atoms with van der Waals surface area (Å²) in [5.74, 6) is -0.914. The van der Waals surface area contributed by atoms with Crippen LogP contribution >= 0.6 is 11.6 Å². The second kappa shape index (κ2) is 7.03. The minimum Gasteiger partial charge on any atom is -0.497 e. The number of hydrogen-bond acceptors (Lipinski definition) is 3. The lowest BCUT2D eigenvalue weighted by Gasteiger charge is -2.10. The molecule has 3 rings (SSSR count). The first-order valence-electron chi connectivity index (χ1n) is 7.33. The third-order valence-electron chi connectivity index (χ3n) is 3.64. The molecule has 0 saturated carbocycles. The average molecular weight is 363 g/mol. The van der Waals surface area contributed by atoms with Crippen molar-refractivity contribution in [3.63, 3.8) is 0 Å². The van der Waals surface area contributed by atoms with E-state index in [-0.39, 0.29) is 23.0 Å². The molecule has 128 valence electrons. The molecule has 2 aromatic carbocycles. The maximum Gasteiger partial charge on any atom is 0.277 e. The molecule has 0 aliphatic carbocycles. The summed E-state index contributed by atoms with van der Waals surface area (Å²) in [6, 6.07) is 10.1. The third kappa shape index (κ3) is 3.69. The first-order chi connectivity index (χ1) is 12.0. The molecular formula is C18H13ClF2N2O2. The van der Waals surface area contributed by atoms with Gasteiger partial charge in [0.2, 0.25) is 0 Å². The number of benzene rings is 2. The van der Waals surface area contributed by atoms with Crippen LogP contribution in [0.4, 0.5) is 8.78 Å². The van der Waals surface area contributed by atoms with Crippen LogP contribution in [0.1, 0.15) is 5.56 Å². The molecule has 0 aliphatic heterocycles. The molecule has 1 heterocycles. The molecule has 0 radical (unpaired) electrons. The summed E-state index contributed by atoms with van der Waals surface area (Å²) in [5, 5.41) is 0.0341. The predicted molar refractivity (Wildman–Crippen MR) is 91.0 cm³/mol. The maximum absolute atomic E-state index is 14.0. The summed E-state index contributed by atoms with van der Waals surface area (Å²) in [7, 11) is 1.56. The number of rotatable bonds is 4. The van der Waals surface area contributed by atoms with Crippen LogP contribution in [0.25, 0.3) is 11.3 Å². The van der Waals surface area contributed by atoms with E-state index in [1.54, 1.807) is 31.4 Å². The second-order valence-electron chi connectivity index (χ2n) is 5.32. The Hall–Kier alpha value is -2.73. The molecule has 0 spiro atoms. The van der Waals surface area contributed by atoms with Crippen LogP contribution in [0.3, 0.4) is 0 Å². The van der Waals surface area contributed by atoms with E-state index in [0.717, 1.165) is 11.6 Å². The van der Waals surface area contributed by atoms with Crippen molar-refractivity contribution in [2.24, 2.45) is 0 Å².